The fraction of sp³-hybridized carbons (Fsp3) is 0.208. The lowest BCUT2D eigenvalue weighted by Gasteiger charge is -2.14. The number of carboxylic acids is 1. The van der Waals surface area contributed by atoms with Crippen LogP contribution in [0.2, 0.25) is 0 Å². The van der Waals surface area contributed by atoms with Crippen molar-refractivity contribution < 1.29 is 28.9 Å². The van der Waals surface area contributed by atoms with E-state index in [1.165, 1.54) is 12.1 Å². The van der Waals surface area contributed by atoms with Crippen molar-refractivity contribution in [3.63, 3.8) is 0 Å². The molecule has 30 heavy (non-hydrogen) atoms. The first-order valence-corrected chi connectivity index (χ1v) is 9.57. The molecule has 0 fully saturated rings. The molecule has 0 amide bonds. The molecule has 0 aliphatic rings. The lowest BCUT2D eigenvalue weighted by atomic mass is 9.92. The van der Waals surface area contributed by atoms with Crippen LogP contribution in [0.15, 0.2) is 65.1 Å². The Labute approximate surface area is 174 Å². The summed E-state index contributed by atoms with van der Waals surface area (Å²) >= 11 is 0. The van der Waals surface area contributed by atoms with Gasteiger partial charge in [-0.3, -0.25) is 0 Å². The van der Waals surface area contributed by atoms with Crippen LogP contribution in [-0.2, 0) is 0 Å². The highest BCUT2D eigenvalue weighted by Gasteiger charge is 2.14. The van der Waals surface area contributed by atoms with Gasteiger partial charge < -0.3 is 24.1 Å². The molecule has 1 atom stereocenters. The molecule has 0 aliphatic carbocycles. The number of methoxy groups -OCH3 is 1. The van der Waals surface area contributed by atoms with E-state index in [1.54, 1.807) is 13.2 Å². The number of phenols is 1. The highest BCUT2D eigenvalue weighted by molar-refractivity contribution is 5.91. The lowest BCUT2D eigenvalue weighted by Crippen LogP contribution is -2.02. The lowest BCUT2D eigenvalue weighted by molar-refractivity contribution is 0.0693. The van der Waals surface area contributed by atoms with Crippen molar-refractivity contribution in [2.45, 2.75) is 19.8 Å². The first kappa shape index (κ1) is 21.0. The minimum absolute atomic E-state index is 0.0272. The Kier molecular flexibility index (Phi) is 6.47. The molecule has 0 aliphatic heterocycles. The first-order chi connectivity index (χ1) is 14.4. The molecule has 2 aromatic carbocycles. The Morgan fingerprint density at radius 1 is 1.03 bits per heavy atom. The van der Waals surface area contributed by atoms with Gasteiger partial charge in [-0.1, -0.05) is 25.1 Å². The Morgan fingerprint density at radius 2 is 1.73 bits per heavy atom. The van der Waals surface area contributed by atoms with Crippen molar-refractivity contribution in [1.29, 1.82) is 0 Å². The Balaban J connectivity index is 0.000000234. The summed E-state index contributed by atoms with van der Waals surface area (Å²) in [5, 5.41) is 18.6. The molecule has 2 heterocycles. The molecule has 0 spiro atoms. The van der Waals surface area contributed by atoms with Crippen LogP contribution in [0.5, 0.6) is 17.2 Å². The number of hydrogen-bond donors (Lipinski definition) is 2. The third kappa shape index (κ3) is 4.66. The molecule has 0 saturated carbocycles. The Bertz CT molecular complexity index is 1100. The summed E-state index contributed by atoms with van der Waals surface area (Å²) < 4.78 is 15.6. The molecule has 2 N–H and O–H groups in total. The van der Waals surface area contributed by atoms with E-state index < -0.39 is 5.97 Å². The summed E-state index contributed by atoms with van der Waals surface area (Å²) in [6.07, 6.45) is 0. The van der Waals surface area contributed by atoms with Crippen LogP contribution in [0.3, 0.4) is 0 Å². The van der Waals surface area contributed by atoms with E-state index in [2.05, 4.69) is 0 Å². The SMILES string of the molecule is CCOc1ccc(C(C)c2ccc(O)c(C(=O)O)c2)cc1.COc1cc2ccc1o2. The number of aromatic hydroxyl groups is 1. The van der Waals surface area contributed by atoms with Crippen molar-refractivity contribution in [2.75, 3.05) is 13.7 Å². The van der Waals surface area contributed by atoms with E-state index in [9.17, 15) is 9.90 Å². The molecule has 4 rings (SSSR count). The van der Waals surface area contributed by atoms with E-state index in [4.69, 9.17) is 19.0 Å². The Morgan fingerprint density at radius 3 is 2.23 bits per heavy atom. The van der Waals surface area contributed by atoms with E-state index in [1.807, 2.05) is 56.3 Å². The van der Waals surface area contributed by atoms with Crippen LogP contribution in [0.1, 0.15) is 41.3 Å². The minimum atomic E-state index is -1.13. The zero-order valence-electron chi connectivity index (χ0n) is 17.1. The number of furan rings is 2. The molecule has 1 unspecified atom stereocenters. The quantitative estimate of drug-likeness (QED) is 0.437. The summed E-state index contributed by atoms with van der Waals surface area (Å²) in [5.41, 5.74) is 3.52. The number of benzene rings is 3. The maximum Gasteiger partial charge on any atom is 0.339 e. The number of ether oxygens (including phenoxy) is 2. The van der Waals surface area contributed by atoms with Gasteiger partial charge in [0.25, 0.3) is 0 Å². The van der Waals surface area contributed by atoms with Gasteiger partial charge in [0.2, 0.25) is 0 Å². The maximum atomic E-state index is 11.1. The molecule has 6 nitrogen and oxygen atoms in total. The molecule has 6 heteroatoms. The fourth-order valence-electron chi connectivity index (χ4n) is 3.13. The van der Waals surface area contributed by atoms with Crippen LogP contribution >= 0.6 is 0 Å². The van der Waals surface area contributed by atoms with Crippen LogP contribution in [-0.4, -0.2) is 29.9 Å². The van der Waals surface area contributed by atoms with Crippen molar-refractivity contribution in [1.82, 2.24) is 0 Å². The van der Waals surface area contributed by atoms with Gasteiger partial charge in [-0.2, -0.15) is 0 Å². The number of carbonyl (C=O) groups is 1. The first-order valence-electron chi connectivity index (χ1n) is 9.57. The normalized spacial score (nSPS) is 11.6. The van der Waals surface area contributed by atoms with Crippen molar-refractivity contribution in [3.8, 4) is 17.2 Å². The summed E-state index contributed by atoms with van der Waals surface area (Å²) in [6.45, 7) is 4.54. The zero-order valence-corrected chi connectivity index (χ0v) is 17.1. The highest BCUT2D eigenvalue weighted by Crippen LogP contribution is 2.29. The highest BCUT2D eigenvalue weighted by atomic mass is 16.5. The number of rotatable bonds is 6. The summed E-state index contributed by atoms with van der Waals surface area (Å²) in [5.74, 6) is 0.315. The third-order valence-electron chi connectivity index (χ3n) is 4.81. The van der Waals surface area contributed by atoms with Gasteiger partial charge in [0.15, 0.2) is 11.3 Å². The molecule has 2 bridgehead atoms. The van der Waals surface area contributed by atoms with Crippen LogP contribution in [0, 0.1) is 0 Å². The Hall–Kier alpha value is -3.67. The molecule has 0 radical (unpaired) electrons. The zero-order chi connectivity index (χ0) is 21.7. The summed E-state index contributed by atoms with van der Waals surface area (Å²) in [7, 11) is 1.64. The maximum absolute atomic E-state index is 11.1. The predicted octanol–water partition coefficient (Wildman–Crippen LogP) is 5.52. The molecule has 2 aromatic heterocycles. The van der Waals surface area contributed by atoms with Crippen LogP contribution in [0.4, 0.5) is 0 Å². The molecule has 156 valence electrons. The van der Waals surface area contributed by atoms with Gasteiger partial charge in [0.1, 0.15) is 22.6 Å². The van der Waals surface area contributed by atoms with Gasteiger partial charge in [-0.15, -0.1) is 0 Å². The average Bonchev–Trinajstić information content (AvgIpc) is 3.38. The van der Waals surface area contributed by atoms with Crippen LogP contribution < -0.4 is 9.47 Å². The van der Waals surface area contributed by atoms with E-state index >= 15 is 0 Å². The molecular weight excluding hydrogens is 384 g/mol. The fourth-order valence-corrected chi connectivity index (χ4v) is 3.13. The summed E-state index contributed by atoms with van der Waals surface area (Å²) in [6, 6.07) is 18.1. The largest absolute Gasteiger partial charge is 0.507 e. The number of aromatic carboxylic acids is 1. The number of carboxylic acid groups (broad SMARTS) is 1. The number of hydrogen-bond acceptors (Lipinski definition) is 5. The topological polar surface area (TPSA) is 89.1 Å². The molecular formula is C24H24O6. The van der Waals surface area contributed by atoms with E-state index in [0.29, 0.717) is 6.61 Å². The van der Waals surface area contributed by atoms with Gasteiger partial charge in [-0.05, 0) is 54.4 Å². The van der Waals surface area contributed by atoms with Gasteiger partial charge in [0.05, 0.1) is 13.7 Å². The van der Waals surface area contributed by atoms with Gasteiger partial charge in [-0.25, -0.2) is 4.79 Å². The van der Waals surface area contributed by atoms with Crippen molar-refractivity contribution in [2.24, 2.45) is 0 Å². The second-order valence-corrected chi connectivity index (χ2v) is 6.72. The van der Waals surface area contributed by atoms with Crippen LogP contribution in [0.25, 0.3) is 11.2 Å². The van der Waals surface area contributed by atoms with Gasteiger partial charge in [0, 0.05) is 12.0 Å². The van der Waals surface area contributed by atoms with Gasteiger partial charge >= 0.3 is 5.97 Å². The molecule has 0 saturated heterocycles. The van der Waals surface area contributed by atoms with E-state index in [0.717, 1.165) is 33.8 Å². The standard InChI is InChI=1S/C17H18O4.C7H6O2/c1-3-21-14-7-4-12(5-8-14)11(2)13-6-9-16(18)15(10-13)17(19)20;1-8-7-4-5-2-3-6(7)9-5/h4-11,18H,3H2,1-2H3,(H,19,20);2-4H,1H3. The smallest absolute Gasteiger partial charge is 0.339 e. The predicted molar refractivity (Wildman–Crippen MR) is 114 cm³/mol. The number of fused-ring (bicyclic) bond motifs is 2. The molecule has 4 aromatic rings. The summed E-state index contributed by atoms with van der Waals surface area (Å²) in [4.78, 5) is 11.1. The monoisotopic (exact) mass is 408 g/mol. The average molecular weight is 408 g/mol. The third-order valence-corrected chi connectivity index (χ3v) is 4.81. The van der Waals surface area contributed by atoms with Crippen molar-refractivity contribution >= 4 is 17.1 Å². The minimum Gasteiger partial charge on any atom is -0.507 e. The second-order valence-electron chi connectivity index (χ2n) is 6.72. The van der Waals surface area contributed by atoms with E-state index in [-0.39, 0.29) is 17.2 Å². The second kappa shape index (κ2) is 9.22. The van der Waals surface area contributed by atoms with Crippen molar-refractivity contribution in [3.05, 3.63) is 77.4 Å².